The first-order chi connectivity index (χ1) is 15.1. The quantitative estimate of drug-likeness (QED) is 0.371. The molecule has 0 fully saturated rings. The molecule has 0 radical (unpaired) electrons. The highest BCUT2D eigenvalue weighted by atomic mass is 32.2. The van der Waals surface area contributed by atoms with Gasteiger partial charge in [0.05, 0.1) is 43.8 Å². The van der Waals surface area contributed by atoms with Crippen molar-refractivity contribution in [3.05, 3.63) is 54.4 Å². The van der Waals surface area contributed by atoms with Gasteiger partial charge >= 0.3 is 5.97 Å². The van der Waals surface area contributed by atoms with Gasteiger partial charge < -0.3 is 14.8 Å². The van der Waals surface area contributed by atoms with Crippen molar-refractivity contribution in [2.75, 3.05) is 19.5 Å². The average molecular weight is 443 g/mol. The summed E-state index contributed by atoms with van der Waals surface area (Å²) in [6.45, 7) is 2.01. The van der Waals surface area contributed by atoms with Crippen molar-refractivity contribution in [1.82, 2.24) is 30.5 Å². The maximum absolute atomic E-state index is 12.6. The second-order valence-electron chi connectivity index (χ2n) is 6.28. The van der Waals surface area contributed by atoms with Crippen LogP contribution in [-0.2, 0) is 14.3 Å². The number of rotatable bonds is 10. The lowest BCUT2D eigenvalue weighted by Gasteiger charge is -2.19. The van der Waals surface area contributed by atoms with Gasteiger partial charge in [-0.1, -0.05) is 23.9 Å². The van der Waals surface area contributed by atoms with E-state index in [-0.39, 0.29) is 24.7 Å². The van der Waals surface area contributed by atoms with Crippen LogP contribution in [0.1, 0.15) is 24.9 Å². The first-order valence-electron chi connectivity index (χ1n) is 9.51. The fourth-order valence-electron chi connectivity index (χ4n) is 2.75. The first kappa shape index (κ1) is 22.2. The van der Waals surface area contributed by atoms with Crippen molar-refractivity contribution >= 4 is 23.6 Å². The van der Waals surface area contributed by atoms with Gasteiger partial charge in [0.15, 0.2) is 0 Å². The molecular formula is C20H22N6O4S. The number of hydrogen-bond donors (Lipinski definition) is 1. The van der Waals surface area contributed by atoms with Crippen molar-refractivity contribution in [3.63, 3.8) is 0 Å². The van der Waals surface area contributed by atoms with Crippen molar-refractivity contribution in [2.24, 2.45) is 0 Å². The molecule has 0 aliphatic carbocycles. The second kappa shape index (κ2) is 11.1. The second-order valence-corrected chi connectivity index (χ2v) is 7.22. The normalized spacial score (nSPS) is 11.5. The van der Waals surface area contributed by atoms with E-state index >= 15 is 0 Å². The largest absolute Gasteiger partial charge is 0.497 e. The molecule has 0 aliphatic rings. The van der Waals surface area contributed by atoms with Crippen LogP contribution in [0.5, 0.6) is 5.75 Å². The lowest BCUT2D eigenvalue weighted by molar-refractivity contribution is -0.143. The van der Waals surface area contributed by atoms with Gasteiger partial charge in [-0.05, 0) is 47.2 Å². The number of nitrogens with one attached hydrogen (secondary N) is 1. The Morgan fingerprint density at radius 2 is 2.03 bits per heavy atom. The maximum atomic E-state index is 12.6. The summed E-state index contributed by atoms with van der Waals surface area (Å²) in [6, 6.07) is 10.2. The van der Waals surface area contributed by atoms with E-state index in [0.717, 1.165) is 5.56 Å². The molecule has 0 bridgehead atoms. The van der Waals surface area contributed by atoms with E-state index in [1.807, 2.05) is 6.07 Å². The third kappa shape index (κ3) is 6.25. The van der Waals surface area contributed by atoms with Gasteiger partial charge in [0, 0.05) is 6.20 Å². The van der Waals surface area contributed by atoms with Crippen LogP contribution >= 0.6 is 11.8 Å². The molecule has 1 aromatic carbocycles. The molecule has 3 rings (SSSR count). The van der Waals surface area contributed by atoms with Gasteiger partial charge in [-0.3, -0.25) is 14.6 Å². The average Bonchev–Trinajstić information content (AvgIpc) is 3.27. The fraction of sp³-hybridized carbons (Fsp3) is 0.300. The van der Waals surface area contributed by atoms with Crippen LogP contribution in [0.2, 0.25) is 0 Å². The molecule has 10 nitrogen and oxygen atoms in total. The number of thioether (sulfide) groups is 1. The molecule has 0 aliphatic heterocycles. The summed E-state index contributed by atoms with van der Waals surface area (Å²) in [5, 5.41) is 14.9. The van der Waals surface area contributed by atoms with Crippen LogP contribution < -0.4 is 10.1 Å². The highest BCUT2D eigenvalue weighted by molar-refractivity contribution is 7.99. The van der Waals surface area contributed by atoms with Crippen LogP contribution in [0.15, 0.2) is 53.9 Å². The van der Waals surface area contributed by atoms with Crippen LogP contribution in [0.3, 0.4) is 0 Å². The summed E-state index contributed by atoms with van der Waals surface area (Å²) in [6.07, 6.45) is 3.29. The van der Waals surface area contributed by atoms with Crippen LogP contribution in [0.4, 0.5) is 0 Å². The Hall–Kier alpha value is -3.47. The van der Waals surface area contributed by atoms with E-state index < -0.39 is 12.0 Å². The minimum atomic E-state index is -0.535. The Balaban J connectivity index is 1.66. The zero-order valence-electron chi connectivity index (χ0n) is 17.1. The van der Waals surface area contributed by atoms with E-state index in [2.05, 4.69) is 25.8 Å². The summed E-state index contributed by atoms with van der Waals surface area (Å²) < 4.78 is 11.7. The van der Waals surface area contributed by atoms with Gasteiger partial charge in [0.1, 0.15) is 5.75 Å². The van der Waals surface area contributed by atoms with Crippen molar-refractivity contribution in [3.8, 4) is 11.4 Å². The van der Waals surface area contributed by atoms with Crippen LogP contribution in [-0.4, -0.2) is 56.5 Å². The number of methoxy groups -OCH3 is 1. The SMILES string of the molecule is CCOC(=O)CC(NC(=O)CSc1nnnn1-c1cccnc1)c1ccc(OC)cc1. The molecule has 1 amide bonds. The summed E-state index contributed by atoms with van der Waals surface area (Å²) >= 11 is 1.18. The number of esters is 1. The molecule has 2 aromatic heterocycles. The number of aromatic nitrogens is 5. The zero-order valence-corrected chi connectivity index (χ0v) is 17.9. The summed E-state index contributed by atoms with van der Waals surface area (Å²) in [5.74, 6) is 0.0891. The number of amides is 1. The number of pyridine rings is 1. The zero-order chi connectivity index (χ0) is 22.1. The minimum Gasteiger partial charge on any atom is -0.497 e. The molecule has 1 N–H and O–H groups in total. The van der Waals surface area contributed by atoms with Gasteiger partial charge in [-0.2, -0.15) is 4.68 Å². The molecule has 11 heteroatoms. The molecule has 1 atom stereocenters. The van der Waals surface area contributed by atoms with Crippen molar-refractivity contribution in [1.29, 1.82) is 0 Å². The molecule has 162 valence electrons. The standard InChI is InChI=1S/C20H22N6O4S/c1-3-30-19(28)11-17(14-6-8-16(29-2)9-7-14)22-18(27)13-31-20-23-24-25-26(20)15-5-4-10-21-12-15/h4-10,12,17H,3,11,13H2,1-2H3,(H,22,27). The summed E-state index contributed by atoms with van der Waals surface area (Å²) in [4.78, 5) is 28.7. The highest BCUT2D eigenvalue weighted by Gasteiger charge is 2.20. The van der Waals surface area contributed by atoms with E-state index in [1.165, 1.54) is 16.4 Å². The minimum absolute atomic E-state index is 0.0179. The Morgan fingerprint density at radius 1 is 1.23 bits per heavy atom. The third-order valence-electron chi connectivity index (χ3n) is 4.19. The topological polar surface area (TPSA) is 121 Å². The fourth-order valence-corrected chi connectivity index (χ4v) is 3.45. The number of tetrazole rings is 1. The molecular weight excluding hydrogens is 420 g/mol. The predicted octanol–water partition coefficient (Wildman–Crippen LogP) is 1.97. The Kier molecular flexibility index (Phi) is 7.93. The maximum Gasteiger partial charge on any atom is 0.308 e. The number of carbonyl (C=O) groups is 2. The summed E-state index contributed by atoms with van der Waals surface area (Å²) in [5.41, 5.74) is 1.46. The predicted molar refractivity (Wildman–Crippen MR) is 113 cm³/mol. The Bertz CT molecular complexity index is 996. The number of benzene rings is 1. The third-order valence-corrected chi connectivity index (χ3v) is 5.11. The molecule has 0 saturated carbocycles. The number of hydrogen-bond acceptors (Lipinski definition) is 9. The Morgan fingerprint density at radius 3 is 2.71 bits per heavy atom. The van der Waals surface area contributed by atoms with E-state index in [0.29, 0.717) is 16.6 Å². The first-order valence-corrected chi connectivity index (χ1v) is 10.5. The van der Waals surface area contributed by atoms with E-state index in [4.69, 9.17) is 9.47 Å². The lowest BCUT2D eigenvalue weighted by Crippen LogP contribution is -2.32. The molecule has 1 unspecified atom stereocenters. The Labute approximate surface area is 183 Å². The molecule has 31 heavy (non-hydrogen) atoms. The van der Waals surface area contributed by atoms with Crippen LogP contribution in [0.25, 0.3) is 5.69 Å². The molecule has 0 saturated heterocycles. The highest BCUT2D eigenvalue weighted by Crippen LogP contribution is 2.22. The smallest absolute Gasteiger partial charge is 0.308 e. The monoisotopic (exact) mass is 442 g/mol. The van der Waals surface area contributed by atoms with Crippen LogP contribution in [0, 0.1) is 0 Å². The molecule has 3 aromatic rings. The molecule has 0 spiro atoms. The summed E-state index contributed by atoms with van der Waals surface area (Å²) in [7, 11) is 1.57. The van der Waals surface area contributed by atoms with Gasteiger partial charge in [-0.25, -0.2) is 0 Å². The number of nitrogens with zero attached hydrogens (tertiary/aromatic N) is 5. The number of carbonyl (C=O) groups excluding carboxylic acids is 2. The lowest BCUT2D eigenvalue weighted by atomic mass is 10.0. The molecule has 2 heterocycles. The van der Waals surface area contributed by atoms with Gasteiger partial charge in [-0.15, -0.1) is 5.10 Å². The van der Waals surface area contributed by atoms with Crippen molar-refractivity contribution < 1.29 is 19.1 Å². The number of ether oxygens (including phenoxy) is 2. The van der Waals surface area contributed by atoms with Crippen molar-refractivity contribution in [2.45, 2.75) is 24.5 Å². The van der Waals surface area contributed by atoms with E-state index in [9.17, 15) is 9.59 Å². The van der Waals surface area contributed by atoms with E-state index in [1.54, 1.807) is 56.8 Å². The van der Waals surface area contributed by atoms with Gasteiger partial charge in [0.25, 0.3) is 0 Å². The van der Waals surface area contributed by atoms with Gasteiger partial charge in [0.2, 0.25) is 11.1 Å².